The van der Waals surface area contributed by atoms with E-state index in [2.05, 4.69) is 21.4 Å². The monoisotopic (exact) mass is 1160 g/mol. The summed E-state index contributed by atoms with van der Waals surface area (Å²) in [6.45, 7) is 19.9. The summed E-state index contributed by atoms with van der Waals surface area (Å²) in [7, 11) is 2.48. The number of rotatable bonds is 22. The van der Waals surface area contributed by atoms with Crippen LogP contribution in [0.25, 0.3) is 0 Å². The fraction of sp³-hybridized carbons (Fsp3) is 0.705. The van der Waals surface area contributed by atoms with E-state index >= 15 is 0 Å². The Balaban J connectivity index is 0.000000283. The second-order valence-electron chi connectivity index (χ2n) is 23.9. The zero-order valence-corrected chi connectivity index (χ0v) is 49.8. The first-order valence-corrected chi connectivity index (χ1v) is 28.9. The van der Waals surface area contributed by atoms with Gasteiger partial charge in [0.1, 0.15) is 38.6 Å². The fourth-order valence-corrected chi connectivity index (χ4v) is 11.2. The molecular weight excluding hydrogens is 1070 g/mol. The number of nitrogens with one attached hydrogen (secondary N) is 1. The first-order valence-electron chi connectivity index (χ1n) is 28.9. The average molecular weight is 1160 g/mol. The van der Waals surface area contributed by atoms with Crippen LogP contribution in [-0.4, -0.2) is 129 Å². The van der Waals surface area contributed by atoms with Gasteiger partial charge in [-0.25, -0.2) is 14.4 Å². The maximum absolute atomic E-state index is 13.4. The molecule has 82 heavy (non-hydrogen) atoms. The van der Waals surface area contributed by atoms with Crippen LogP contribution >= 0.6 is 0 Å². The molecule has 3 N–H and O–H groups in total. The van der Waals surface area contributed by atoms with Gasteiger partial charge in [-0.1, -0.05) is 66.9 Å². The molecule has 5 aliphatic carbocycles. The van der Waals surface area contributed by atoms with Crippen LogP contribution in [0.5, 0.6) is 0 Å². The van der Waals surface area contributed by atoms with Crippen LogP contribution in [0.1, 0.15) is 173 Å². The zero-order valence-electron chi connectivity index (χ0n) is 49.8. The van der Waals surface area contributed by atoms with Crippen LogP contribution in [0, 0.1) is 63.6 Å². The largest absolute Gasteiger partial charge is 0.481 e. The van der Waals surface area contributed by atoms with E-state index in [1.807, 2.05) is 34.6 Å². The molecule has 0 aromatic heterocycles. The number of carboxylic acids is 1. The lowest BCUT2D eigenvalue weighted by atomic mass is 9.78. The smallest absolute Gasteiger partial charge is 0.337 e. The van der Waals surface area contributed by atoms with Gasteiger partial charge in [0.25, 0.3) is 0 Å². The highest BCUT2D eigenvalue weighted by molar-refractivity contribution is 6.00. The number of aliphatic hydroxyl groups is 1. The van der Waals surface area contributed by atoms with E-state index in [1.165, 1.54) is 32.4 Å². The second-order valence-corrected chi connectivity index (χ2v) is 23.9. The molecule has 5 saturated carbocycles. The minimum Gasteiger partial charge on any atom is -0.481 e. The lowest BCUT2D eigenvalue weighted by molar-refractivity contribution is -0.174. The first-order chi connectivity index (χ1) is 38.6. The van der Waals surface area contributed by atoms with Gasteiger partial charge in [-0.15, -0.1) is 0 Å². The van der Waals surface area contributed by atoms with Gasteiger partial charge in [0.05, 0.1) is 66.0 Å². The standard InChI is InChI=1S/C29H42O9.C16H21NO5.C16H26O6/c1-5-23(31)37-22-14-16-13-20(22)24-19(16)15-21(30)25(24)38-27(33)18-10-8-7-9-17(18)26(32)35-11-12-36-28(34)29(3,4)6-2;1-6-16(2,3)15(20)17-12-8-10(13(18)21-4)7-11(9-12)14(19)22-5;1-4-16(2,3)15(20)22-10-9-21-14(19)12-8-6-5-7-11(12)13(17)18/h5,16-22,24-25,30H,1,6-15H2,2-4H3;7-9H,6H2,1-5H3,(H,17,20);11-12H,4-10H2,1-3H3,(H,17,18). The molecule has 0 radical (unpaired) electrons. The van der Waals surface area contributed by atoms with Crippen molar-refractivity contribution in [3.8, 4) is 0 Å². The second kappa shape index (κ2) is 30.8. The Morgan fingerprint density at radius 1 is 0.585 bits per heavy atom. The molecule has 5 aliphatic rings. The molecule has 0 spiro atoms. The van der Waals surface area contributed by atoms with Crippen LogP contribution in [0.4, 0.5) is 5.69 Å². The number of carbonyl (C=O) groups is 10. The number of hydrogen-bond donors (Lipinski definition) is 3. The Bertz CT molecular complexity index is 2410. The third-order valence-electron chi connectivity index (χ3n) is 17.4. The van der Waals surface area contributed by atoms with E-state index in [0.29, 0.717) is 63.0 Å². The topological polar surface area (TPSA) is 297 Å². The SMILES string of the molecule is C=CC(=O)OC1CC2CC1C1C2CC(O)C1OC(=O)C1CCCCC1C(=O)OCCOC(=O)C(C)(C)CC.CCC(C)(C)C(=O)Nc1cc(C(=O)OC)cc(C(=O)OC)c1.CCC(C)(C)C(=O)OCCOC(=O)C1CCCCC1C(=O)O. The molecule has 458 valence electrons. The molecule has 21 heteroatoms. The van der Waals surface area contributed by atoms with Crippen LogP contribution < -0.4 is 5.32 Å². The van der Waals surface area contributed by atoms with Crippen molar-refractivity contribution in [2.24, 2.45) is 63.6 Å². The predicted molar refractivity (Wildman–Crippen MR) is 296 cm³/mol. The predicted octanol–water partition coefficient (Wildman–Crippen LogP) is 8.40. The van der Waals surface area contributed by atoms with Gasteiger partial charge < -0.3 is 53.4 Å². The van der Waals surface area contributed by atoms with Crippen molar-refractivity contribution < 1.29 is 96.1 Å². The Kier molecular flexibility index (Phi) is 25.6. The number of fused-ring (bicyclic) bond motifs is 5. The van der Waals surface area contributed by atoms with Crippen molar-refractivity contribution >= 4 is 65.3 Å². The quantitative estimate of drug-likeness (QED) is 0.0425. The van der Waals surface area contributed by atoms with Crippen molar-refractivity contribution in [3.63, 3.8) is 0 Å². The average Bonchev–Trinajstić information content (AvgIpc) is 4.15. The van der Waals surface area contributed by atoms with Crippen LogP contribution in [0.2, 0.25) is 0 Å². The zero-order chi connectivity index (χ0) is 61.3. The minimum atomic E-state index is -0.947. The number of benzene rings is 1. The molecule has 11 atom stereocenters. The van der Waals surface area contributed by atoms with Gasteiger partial charge in [-0.05, 0) is 122 Å². The third kappa shape index (κ3) is 18.1. The maximum atomic E-state index is 13.4. The molecule has 11 unspecified atom stereocenters. The number of ether oxygens (including phenoxy) is 8. The molecule has 2 bridgehead atoms. The molecule has 6 rings (SSSR count). The Hall–Kier alpha value is -6.38. The summed E-state index contributed by atoms with van der Waals surface area (Å²) < 4.78 is 41.6. The van der Waals surface area contributed by atoms with E-state index in [0.717, 1.165) is 44.6 Å². The highest BCUT2D eigenvalue weighted by Gasteiger charge is 2.62. The normalized spacial score (nSPS) is 25.3. The van der Waals surface area contributed by atoms with Gasteiger partial charge in [-0.2, -0.15) is 0 Å². The van der Waals surface area contributed by atoms with Crippen LogP contribution in [0.3, 0.4) is 0 Å². The van der Waals surface area contributed by atoms with E-state index in [1.54, 1.807) is 27.7 Å². The van der Waals surface area contributed by atoms with E-state index < -0.39 is 93.9 Å². The number of carboxylic acid groups (broad SMARTS) is 1. The summed E-state index contributed by atoms with van der Waals surface area (Å²) in [6.07, 6.45) is 8.97. The maximum Gasteiger partial charge on any atom is 0.337 e. The number of hydrogen-bond acceptors (Lipinski definition) is 19. The molecular formula is C61H89NO20. The molecule has 0 saturated heterocycles. The summed E-state index contributed by atoms with van der Waals surface area (Å²) in [6, 6.07) is 4.28. The highest BCUT2D eigenvalue weighted by atomic mass is 16.6. The molecule has 1 aromatic carbocycles. The fourth-order valence-electron chi connectivity index (χ4n) is 11.2. The van der Waals surface area contributed by atoms with E-state index in [9.17, 15) is 53.1 Å². The van der Waals surface area contributed by atoms with Crippen molar-refractivity contribution in [2.45, 2.75) is 171 Å². The highest BCUT2D eigenvalue weighted by Crippen LogP contribution is 2.60. The molecule has 0 heterocycles. The first kappa shape index (κ1) is 68.1. The number of anilines is 1. The lowest BCUT2D eigenvalue weighted by Gasteiger charge is -2.35. The van der Waals surface area contributed by atoms with E-state index in [4.69, 9.17) is 33.5 Å². The summed E-state index contributed by atoms with van der Waals surface area (Å²) >= 11 is 0. The van der Waals surface area contributed by atoms with Crippen molar-refractivity contribution in [2.75, 3.05) is 46.0 Å². The van der Waals surface area contributed by atoms with Crippen molar-refractivity contribution in [3.05, 3.63) is 42.0 Å². The summed E-state index contributed by atoms with van der Waals surface area (Å²) in [5.41, 5.74) is -1.05. The molecule has 1 amide bonds. The summed E-state index contributed by atoms with van der Waals surface area (Å²) in [4.78, 5) is 121. The van der Waals surface area contributed by atoms with Crippen molar-refractivity contribution in [1.29, 1.82) is 0 Å². The van der Waals surface area contributed by atoms with E-state index in [-0.39, 0.29) is 79.3 Å². The molecule has 0 aliphatic heterocycles. The Morgan fingerprint density at radius 3 is 1.46 bits per heavy atom. The van der Waals surface area contributed by atoms with Gasteiger partial charge in [0.2, 0.25) is 5.91 Å². The number of aliphatic hydroxyl groups excluding tert-OH is 1. The summed E-state index contributed by atoms with van der Waals surface area (Å²) in [5.74, 6) is -6.92. The van der Waals surface area contributed by atoms with Crippen LogP contribution in [0.15, 0.2) is 30.9 Å². The lowest BCUT2D eigenvalue weighted by Crippen LogP contribution is -2.43. The Morgan fingerprint density at radius 2 is 1.02 bits per heavy atom. The molecule has 1 aromatic rings. The van der Waals surface area contributed by atoms with Crippen molar-refractivity contribution in [1.82, 2.24) is 0 Å². The number of methoxy groups -OCH3 is 2. The molecule has 21 nitrogen and oxygen atoms in total. The van der Waals surface area contributed by atoms with Gasteiger partial charge >= 0.3 is 53.7 Å². The third-order valence-corrected chi connectivity index (χ3v) is 17.4. The summed E-state index contributed by atoms with van der Waals surface area (Å²) in [5, 5.41) is 22.7. The number of aliphatic carboxylic acids is 1. The Labute approximate surface area is 481 Å². The van der Waals surface area contributed by atoms with Gasteiger partial charge in [0.15, 0.2) is 0 Å². The van der Waals surface area contributed by atoms with Gasteiger partial charge in [-0.3, -0.25) is 33.6 Å². The number of esters is 8. The number of amides is 1. The van der Waals surface area contributed by atoms with Crippen LogP contribution in [-0.2, 0) is 76.3 Å². The van der Waals surface area contributed by atoms with Gasteiger partial charge in [0, 0.05) is 29.0 Å². The minimum absolute atomic E-state index is 0.00153. The molecule has 5 fully saturated rings. The number of carbonyl (C=O) groups excluding carboxylic acids is 9.